The number of rotatable bonds is 4. The van der Waals surface area contributed by atoms with Crippen LogP contribution in [0.5, 0.6) is 5.75 Å². The molecule has 0 spiro atoms. The Hall–Kier alpha value is -3.79. The van der Waals surface area contributed by atoms with E-state index in [0.29, 0.717) is 16.8 Å². The van der Waals surface area contributed by atoms with Crippen molar-refractivity contribution in [2.75, 3.05) is 5.32 Å². The quantitative estimate of drug-likeness (QED) is 0.557. The third-order valence-corrected chi connectivity index (χ3v) is 3.77. The minimum Gasteiger partial charge on any atom is -0.507 e. The monoisotopic (exact) mass is 349 g/mol. The lowest BCUT2D eigenvalue weighted by Crippen LogP contribution is -2.09. The molecule has 2 N–H and O–H groups in total. The van der Waals surface area contributed by atoms with Crippen LogP contribution in [-0.2, 0) is 16.1 Å². The largest absolute Gasteiger partial charge is 0.507 e. The van der Waals surface area contributed by atoms with Crippen LogP contribution in [0.25, 0.3) is 5.52 Å². The summed E-state index contributed by atoms with van der Waals surface area (Å²) in [6.07, 6.45) is 3.51. The van der Waals surface area contributed by atoms with Crippen LogP contribution in [0, 0.1) is 11.3 Å². The van der Waals surface area contributed by atoms with Crippen LogP contribution in [0.3, 0.4) is 0 Å². The average molecular weight is 349 g/mol. The fourth-order valence-electron chi connectivity index (χ4n) is 2.62. The summed E-state index contributed by atoms with van der Waals surface area (Å²) < 4.78 is 7.03. The van der Waals surface area contributed by atoms with Crippen molar-refractivity contribution >= 4 is 23.1 Å². The Morgan fingerprint density at radius 3 is 2.85 bits per heavy atom. The van der Waals surface area contributed by atoms with Gasteiger partial charge < -0.3 is 19.6 Å². The SMILES string of the molecule is CC(=O)Nc1ccc(O)c(C(=O)OCc2cn3ccccc3c2C#N)c1. The molecule has 0 aliphatic heterocycles. The number of amides is 1. The second-order valence-electron chi connectivity index (χ2n) is 5.62. The van der Waals surface area contributed by atoms with Gasteiger partial charge in [0.2, 0.25) is 5.91 Å². The van der Waals surface area contributed by atoms with Gasteiger partial charge in [-0.3, -0.25) is 4.79 Å². The fourth-order valence-corrected chi connectivity index (χ4v) is 2.62. The van der Waals surface area contributed by atoms with Gasteiger partial charge in [0, 0.05) is 30.6 Å². The third-order valence-electron chi connectivity index (χ3n) is 3.77. The van der Waals surface area contributed by atoms with E-state index in [0.717, 1.165) is 5.52 Å². The molecule has 3 rings (SSSR count). The van der Waals surface area contributed by atoms with Crippen LogP contribution >= 0.6 is 0 Å². The number of pyridine rings is 1. The molecule has 7 heteroatoms. The number of aromatic hydroxyl groups is 1. The summed E-state index contributed by atoms with van der Waals surface area (Å²) in [4.78, 5) is 23.4. The van der Waals surface area contributed by atoms with Crippen molar-refractivity contribution in [1.82, 2.24) is 4.40 Å². The molecule has 0 aliphatic carbocycles. The number of nitriles is 1. The molecule has 0 saturated heterocycles. The minimum atomic E-state index is -0.756. The van der Waals surface area contributed by atoms with Gasteiger partial charge in [0.15, 0.2) is 0 Å². The molecule has 2 heterocycles. The number of aromatic nitrogens is 1. The van der Waals surface area contributed by atoms with E-state index < -0.39 is 5.97 Å². The molecular formula is C19H15N3O4. The highest BCUT2D eigenvalue weighted by molar-refractivity contribution is 5.96. The number of anilines is 1. The second kappa shape index (κ2) is 6.99. The molecule has 0 unspecified atom stereocenters. The van der Waals surface area contributed by atoms with Gasteiger partial charge in [-0.15, -0.1) is 0 Å². The van der Waals surface area contributed by atoms with E-state index in [1.165, 1.54) is 25.1 Å². The van der Waals surface area contributed by atoms with Crippen molar-refractivity contribution < 1.29 is 19.4 Å². The van der Waals surface area contributed by atoms with Crippen LogP contribution in [-0.4, -0.2) is 21.4 Å². The molecule has 0 bridgehead atoms. The molecule has 1 amide bonds. The zero-order chi connectivity index (χ0) is 18.7. The van der Waals surface area contributed by atoms with Crippen LogP contribution in [0.15, 0.2) is 48.8 Å². The highest BCUT2D eigenvalue weighted by Gasteiger charge is 2.16. The molecule has 7 nitrogen and oxygen atoms in total. The predicted molar refractivity (Wildman–Crippen MR) is 93.6 cm³/mol. The first-order valence-corrected chi connectivity index (χ1v) is 7.76. The molecule has 0 fully saturated rings. The molecule has 130 valence electrons. The van der Waals surface area contributed by atoms with Gasteiger partial charge in [-0.1, -0.05) is 6.07 Å². The summed E-state index contributed by atoms with van der Waals surface area (Å²) >= 11 is 0. The summed E-state index contributed by atoms with van der Waals surface area (Å²) in [5.41, 5.74) is 2.00. The van der Waals surface area contributed by atoms with E-state index in [1.54, 1.807) is 22.9 Å². The Balaban J connectivity index is 1.81. The third kappa shape index (κ3) is 3.35. The standard InChI is InChI=1S/C19H15N3O4/c1-12(23)21-14-5-6-18(24)15(8-14)19(25)26-11-13-10-22-7-3-2-4-17(22)16(13)9-20/h2-8,10,24H,11H2,1H3,(H,21,23). The number of hydrogen-bond donors (Lipinski definition) is 2. The van der Waals surface area contributed by atoms with Crippen molar-refractivity contribution in [2.45, 2.75) is 13.5 Å². The van der Waals surface area contributed by atoms with Gasteiger partial charge in [0.25, 0.3) is 0 Å². The summed E-state index contributed by atoms with van der Waals surface area (Å²) in [5.74, 6) is -1.31. The number of carbonyl (C=O) groups is 2. The van der Waals surface area contributed by atoms with E-state index in [1.807, 2.05) is 12.1 Å². The molecule has 0 aliphatic rings. The summed E-state index contributed by atoms with van der Waals surface area (Å²) in [5, 5.41) is 21.8. The Morgan fingerprint density at radius 1 is 1.31 bits per heavy atom. The van der Waals surface area contributed by atoms with E-state index in [-0.39, 0.29) is 23.8 Å². The highest BCUT2D eigenvalue weighted by atomic mass is 16.5. The number of phenolic OH excluding ortho intramolecular Hbond substituents is 1. The first kappa shape index (κ1) is 17.0. The Bertz CT molecular complexity index is 1050. The average Bonchev–Trinajstić information content (AvgIpc) is 2.98. The molecule has 3 aromatic rings. The first-order chi connectivity index (χ1) is 12.5. The Kier molecular flexibility index (Phi) is 4.58. The number of nitrogens with zero attached hydrogens (tertiary/aromatic N) is 2. The molecular weight excluding hydrogens is 334 g/mol. The van der Waals surface area contributed by atoms with Gasteiger partial charge in [-0.25, -0.2) is 4.79 Å². The topological polar surface area (TPSA) is 104 Å². The Labute approximate surface area is 149 Å². The lowest BCUT2D eigenvalue weighted by molar-refractivity contribution is -0.114. The molecule has 1 aromatic carbocycles. The number of hydrogen-bond acceptors (Lipinski definition) is 5. The van der Waals surface area contributed by atoms with Gasteiger partial charge in [-0.2, -0.15) is 5.26 Å². The van der Waals surface area contributed by atoms with Crippen molar-refractivity contribution in [3.63, 3.8) is 0 Å². The van der Waals surface area contributed by atoms with Gasteiger partial charge in [0.1, 0.15) is 24.0 Å². The van der Waals surface area contributed by atoms with E-state index in [4.69, 9.17) is 4.74 Å². The summed E-state index contributed by atoms with van der Waals surface area (Å²) in [7, 11) is 0. The van der Waals surface area contributed by atoms with Crippen LogP contribution in [0.2, 0.25) is 0 Å². The van der Waals surface area contributed by atoms with Gasteiger partial charge in [0.05, 0.1) is 11.1 Å². The number of benzene rings is 1. The smallest absolute Gasteiger partial charge is 0.342 e. The lowest BCUT2D eigenvalue weighted by Gasteiger charge is -2.08. The minimum absolute atomic E-state index is 0.0708. The fraction of sp³-hybridized carbons (Fsp3) is 0.105. The zero-order valence-electron chi connectivity index (χ0n) is 13.9. The van der Waals surface area contributed by atoms with E-state index in [9.17, 15) is 20.0 Å². The number of carbonyl (C=O) groups excluding carboxylic acids is 2. The zero-order valence-corrected chi connectivity index (χ0v) is 13.9. The van der Waals surface area contributed by atoms with Crippen LogP contribution in [0.4, 0.5) is 5.69 Å². The number of fused-ring (bicyclic) bond motifs is 1. The number of ether oxygens (including phenoxy) is 1. The molecule has 0 radical (unpaired) electrons. The number of phenols is 1. The maximum absolute atomic E-state index is 12.3. The summed E-state index contributed by atoms with van der Waals surface area (Å²) in [6, 6.07) is 11.7. The maximum atomic E-state index is 12.3. The van der Waals surface area contributed by atoms with Crippen LogP contribution in [0.1, 0.15) is 28.4 Å². The molecule has 26 heavy (non-hydrogen) atoms. The number of nitrogens with one attached hydrogen (secondary N) is 1. The first-order valence-electron chi connectivity index (χ1n) is 7.76. The molecule has 2 aromatic heterocycles. The van der Waals surface area contributed by atoms with Crippen molar-refractivity contribution in [3.05, 3.63) is 65.5 Å². The normalized spacial score (nSPS) is 10.3. The van der Waals surface area contributed by atoms with Crippen LogP contribution < -0.4 is 5.32 Å². The molecule has 0 atom stereocenters. The highest BCUT2D eigenvalue weighted by Crippen LogP contribution is 2.24. The second-order valence-corrected chi connectivity index (χ2v) is 5.62. The van der Waals surface area contributed by atoms with Crippen molar-refractivity contribution in [2.24, 2.45) is 0 Å². The Morgan fingerprint density at radius 2 is 2.12 bits per heavy atom. The van der Waals surface area contributed by atoms with Gasteiger partial charge in [-0.05, 0) is 30.3 Å². The van der Waals surface area contributed by atoms with Gasteiger partial charge >= 0.3 is 5.97 Å². The predicted octanol–water partition coefficient (Wildman–Crippen LogP) is 2.83. The molecule has 0 saturated carbocycles. The maximum Gasteiger partial charge on any atom is 0.342 e. The van der Waals surface area contributed by atoms with Crippen molar-refractivity contribution in [1.29, 1.82) is 5.26 Å². The lowest BCUT2D eigenvalue weighted by atomic mass is 10.1. The van der Waals surface area contributed by atoms with E-state index >= 15 is 0 Å². The van der Waals surface area contributed by atoms with E-state index in [2.05, 4.69) is 11.4 Å². The van der Waals surface area contributed by atoms with Crippen molar-refractivity contribution in [3.8, 4) is 11.8 Å². The number of esters is 1. The summed E-state index contributed by atoms with van der Waals surface area (Å²) in [6.45, 7) is 1.22.